The molecular weight excluding hydrogens is 372 g/mol. The maximum Gasteiger partial charge on any atom is 0.317 e. The molecule has 3 rings (SSSR count). The molecule has 1 N–H and O–H groups in total. The molecule has 1 saturated heterocycles. The zero-order chi connectivity index (χ0) is 34.2. The smallest absolute Gasteiger partial charge is 0.317 e. The summed E-state index contributed by atoms with van der Waals surface area (Å²) in [6, 6.07) is -3.44. The fraction of sp³-hybridized carbons (Fsp3) is 0.682. The van der Waals surface area contributed by atoms with Gasteiger partial charge in [-0.3, -0.25) is 4.90 Å². The highest BCUT2D eigenvalue weighted by Gasteiger charge is 2.24. The summed E-state index contributed by atoms with van der Waals surface area (Å²) in [5, 5.41) is 2.06. The van der Waals surface area contributed by atoms with Crippen molar-refractivity contribution in [3.8, 4) is 0 Å². The molecule has 0 unspecified atom stereocenters. The minimum Gasteiger partial charge on any atom is -0.368 e. The second kappa shape index (κ2) is 9.84. The molecular formula is C22H35ClN4O. The zero-order valence-corrected chi connectivity index (χ0v) is 16.6. The van der Waals surface area contributed by atoms with Crippen molar-refractivity contribution in [3.05, 3.63) is 28.7 Å². The lowest BCUT2D eigenvalue weighted by atomic mass is 9.84. The van der Waals surface area contributed by atoms with Crippen LogP contribution < -0.4 is 10.2 Å². The van der Waals surface area contributed by atoms with Crippen LogP contribution in [0.25, 0.3) is 0 Å². The highest BCUT2D eigenvalue weighted by Crippen LogP contribution is 2.30. The van der Waals surface area contributed by atoms with Gasteiger partial charge in [0.1, 0.15) is 0 Å². The van der Waals surface area contributed by atoms with E-state index in [2.05, 4.69) is 5.32 Å². The summed E-state index contributed by atoms with van der Waals surface area (Å²) >= 11 is 6.30. The lowest BCUT2D eigenvalue weighted by Crippen LogP contribution is -2.47. The van der Waals surface area contributed by atoms with Crippen LogP contribution in [0, 0.1) is 12.8 Å². The van der Waals surface area contributed by atoms with E-state index in [9.17, 15) is 4.79 Å². The third kappa shape index (κ3) is 5.54. The minimum atomic E-state index is -3.48. The van der Waals surface area contributed by atoms with Gasteiger partial charge >= 0.3 is 6.03 Å². The van der Waals surface area contributed by atoms with Crippen LogP contribution in [0.5, 0.6) is 0 Å². The Morgan fingerprint density at radius 3 is 2.75 bits per heavy atom. The molecule has 1 heterocycles. The molecule has 2 fully saturated rings. The van der Waals surface area contributed by atoms with Crippen molar-refractivity contribution >= 4 is 23.3 Å². The fourth-order valence-corrected chi connectivity index (χ4v) is 3.21. The number of nitrogens with zero attached hydrogens (tertiary/aromatic N) is 3. The third-order valence-corrected chi connectivity index (χ3v) is 5.15. The van der Waals surface area contributed by atoms with Crippen LogP contribution in [0.1, 0.15) is 59.6 Å². The van der Waals surface area contributed by atoms with Crippen molar-refractivity contribution in [1.82, 2.24) is 15.1 Å². The molecule has 2 amide bonds. The summed E-state index contributed by atoms with van der Waals surface area (Å²) in [4.78, 5) is 13.0. The van der Waals surface area contributed by atoms with Crippen LogP contribution in [0.15, 0.2) is 18.1 Å². The Labute approximate surface area is 197 Å². The van der Waals surface area contributed by atoms with Gasteiger partial charge in [-0.05, 0) is 63.0 Å². The van der Waals surface area contributed by atoms with Crippen LogP contribution >= 0.6 is 11.6 Å². The summed E-state index contributed by atoms with van der Waals surface area (Å²) in [6.45, 7) is -16.3. The van der Waals surface area contributed by atoms with Gasteiger partial charge in [-0.15, -0.1) is 0 Å². The predicted molar refractivity (Wildman–Crippen MR) is 117 cm³/mol. The van der Waals surface area contributed by atoms with Crippen molar-refractivity contribution in [1.29, 1.82) is 0 Å². The normalized spacial score (nSPS) is 40.0. The van der Waals surface area contributed by atoms with Gasteiger partial charge in [-0.1, -0.05) is 23.7 Å². The zero-order valence-electron chi connectivity index (χ0n) is 31.8. The number of carbonyl (C=O) groups excluding carboxylic acids is 1. The van der Waals surface area contributed by atoms with E-state index in [0.29, 0.717) is 4.90 Å². The first-order valence-corrected chi connectivity index (χ1v) is 9.41. The Hall–Kier alpha value is -1.46. The number of piperazine rings is 1. The molecule has 1 aromatic carbocycles. The van der Waals surface area contributed by atoms with E-state index in [-0.39, 0.29) is 41.0 Å². The molecule has 28 heavy (non-hydrogen) atoms. The number of carbonyl (C=O) groups is 1. The topological polar surface area (TPSA) is 38.8 Å². The Morgan fingerprint density at radius 1 is 1.36 bits per heavy atom. The molecule has 5 nitrogen and oxygen atoms in total. The van der Waals surface area contributed by atoms with Gasteiger partial charge in [0, 0.05) is 58.4 Å². The summed E-state index contributed by atoms with van der Waals surface area (Å²) in [5.41, 5.74) is -0.925. The van der Waals surface area contributed by atoms with Gasteiger partial charge in [0.25, 0.3) is 0 Å². The number of hydrogen-bond acceptors (Lipinski definition) is 3. The number of rotatable bonds is 5. The summed E-state index contributed by atoms with van der Waals surface area (Å²) < 4.78 is 134. The van der Waals surface area contributed by atoms with Crippen molar-refractivity contribution in [2.45, 2.75) is 45.0 Å². The average molecular weight is 423 g/mol. The van der Waals surface area contributed by atoms with Gasteiger partial charge in [0.15, 0.2) is 0 Å². The first-order chi connectivity index (χ1) is 19.7. The van der Waals surface area contributed by atoms with Crippen LogP contribution in [-0.2, 0) is 0 Å². The molecule has 2 aliphatic rings. The minimum absolute atomic E-state index is 0.0470. The number of hydrogen-bond donors (Lipinski definition) is 1. The number of urea groups is 1. The van der Waals surface area contributed by atoms with Crippen LogP contribution in [0.4, 0.5) is 10.5 Å². The highest BCUT2D eigenvalue weighted by atomic mass is 35.5. The highest BCUT2D eigenvalue weighted by molar-refractivity contribution is 6.34. The summed E-state index contributed by atoms with van der Waals surface area (Å²) in [6.07, 6.45) is -1.67. The van der Waals surface area contributed by atoms with Gasteiger partial charge in [0.05, 0.1) is 20.3 Å². The molecule has 1 aliphatic heterocycles. The average Bonchev–Trinajstić information content (AvgIpc) is 2.89. The van der Waals surface area contributed by atoms with Crippen LogP contribution in [0.2, 0.25) is 5.02 Å². The quantitative estimate of drug-likeness (QED) is 0.779. The SMILES string of the molecule is [2H]c1c([2H])c(C)c(Cl)c(N2C([2H])([2H])C([2H])([2H])N(CC([2H])([2H])C3CCC(NC(=O)N(C)C([2H])([2H])[2H])CC3)C([2H])([2H])C2([2H])[2H])c1[2H]. The standard InChI is InChI=1S/C22H35ClN4O/c1-17-5-4-6-20(21(17)23)27-15-13-26(14-16-27)12-11-18-7-9-19(10-8-18)24-22(28)25(2)3/h4-6,18-19H,7-16H2,1-3H3,(H,24,28)/i2D3,4D,5D,6D,11D2,13D2,14D2,15D2,16D2. The Morgan fingerprint density at radius 2 is 2.07 bits per heavy atom. The van der Waals surface area contributed by atoms with Gasteiger partial charge in [-0.2, -0.15) is 0 Å². The molecule has 1 aliphatic carbocycles. The summed E-state index contributed by atoms with van der Waals surface area (Å²) in [7, 11) is 1.11. The van der Waals surface area contributed by atoms with E-state index in [4.69, 9.17) is 33.5 Å². The second-order valence-corrected chi connectivity index (χ2v) is 7.17. The molecule has 0 radical (unpaired) electrons. The van der Waals surface area contributed by atoms with Gasteiger partial charge in [-0.25, -0.2) is 4.79 Å². The Kier molecular flexibility index (Phi) is 3.07. The van der Waals surface area contributed by atoms with Crippen LogP contribution in [-0.4, -0.2) is 68.4 Å². The van der Waals surface area contributed by atoms with Crippen LogP contribution in [0.3, 0.4) is 0 Å². The summed E-state index contributed by atoms with van der Waals surface area (Å²) in [5.74, 6) is -0.829. The molecule has 0 atom stereocenters. The van der Waals surface area contributed by atoms with E-state index in [1.54, 1.807) is 0 Å². The van der Waals surface area contributed by atoms with Gasteiger partial charge < -0.3 is 15.1 Å². The number of benzene rings is 1. The number of halogens is 1. The van der Waals surface area contributed by atoms with E-state index < -0.39 is 92.7 Å². The molecule has 0 aromatic heterocycles. The van der Waals surface area contributed by atoms with Crippen molar-refractivity contribution < 1.29 is 26.7 Å². The lowest BCUT2D eigenvalue weighted by Gasteiger charge is -2.37. The molecule has 0 bridgehead atoms. The predicted octanol–water partition coefficient (Wildman–Crippen LogP) is 3.99. The Balaban J connectivity index is 1.93. The monoisotopic (exact) mass is 422 g/mol. The molecule has 156 valence electrons. The molecule has 0 spiro atoms. The second-order valence-electron chi connectivity index (χ2n) is 6.79. The number of nitrogens with one attached hydrogen (secondary N) is 1. The Bertz CT molecular complexity index is 1220. The van der Waals surface area contributed by atoms with Crippen molar-refractivity contribution in [2.75, 3.05) is 51.5 Å². The largest absolute Gasteiger partial charge is 0.368 e. The number of amides is 2. The lowest BCUT2D eigenvalue weighted by molar-refractivity contribution is 0.194. The van der Waals surface area contributed by atoms with Crippen molar-refractivity contribution in [3.63, 3.8) is 0 Å². The van der Waals surface area contributed by atoms with Gasteiger partial charge in [0.2, 0.25) is 0 Å². The molecule has 1 aromatic rings. The third-order valence-electron chi connectivity index (χ3n) is 4.68. The van der Waals surface area contributed by atoms with E-state index >= 15 is 0 Å². The van der Waals surface area contributed by atoms with E-state index in [1.807, 2.05) is 0 Å². The first kappa shape index (κ1) is 8.73. The van der Waals surface area contributed by atoms with E-state index in [0.717, 1.165) is 7.05 Å². The maximum absolute atomic E-state index is 12.3. The van der Waals surface area contributed by atoms with Crippen molar-refractivity contribution in [2.24, 2.45) is 5.92 Å². The van der Waals surface area contributed by atoms with E-state index in [1.165, 1.54) is 6.92 Å². The first-order valence-electron chi connectivity index (χ1n) is 17.0. The molecule has 6 heteroatoms. The maximum atomic E-state index is 12.3. The molecule has 1 saturated carbocycles. The number of anilines is 1. The fourth-order valence-electron chi connectivity index (χ4n) is 3.03.